The Bertz CT molecular complexity index is 4110. The molecule has 0 spiro atoms. The number of hydrogen-bond donors (Lipinski definition) is 0. The van der Waals surface area contributed by atoms with Crippen molar-refractivity contribution in [3.8, 4) is 51.0 Å². The van der Waals surface area contributed by atoms with Crippen LogP contribution in [0.2, 0.25) is 0 Å². The van der Waals surface area contributed by atoms with E-state index in [1.807, 2.05) is 84.9 Å². The number of para-hydroxylation sites is 1. The van der Waals surface area contributed by atoms with Crippen LogP contribution in [0.4, 0.5) is 0 Å². The first-order chi connectivity index (χ1) is 32.4. The van der Waals surface area contributed by atoms with Gasteiger partial charge in [0.25, 0.3) is 0 Å². The molecule has 0 atom stereocenters. The standard InChI is InChI=1S/C51H30N4S2/c1-3-13-31(14-4-1)33-17-11-18-34(29-33)49-52-50(35-25-26-40-45(30-35)57-43-24-12-21-36(46(40)43)32-15-5-2-6-16-32)54-51(53-49)55-41-22-9-7-19-37(41)38-27-28-44-47(48(38)55)39-20-8-10-23-42(39)56-44/h1-30H/i7D,8D,9D,10D,19D,20D,22D,23D,27D,28D. The zero-order valence-corrected chi connectivity index (χ0v) is 31.3. The number of hydrogen-bond acceptors (Lipinski definition) is 5. The third kappa shape index (κ3) is 5.15. The van der Waals surface area contributed by atoms with E-state index in [1.165, 1.54) is 4.57 Å². The molecule has 0 aliphatic heterocycles. The number of nitrogens with zero attached hydrogens (tertiary/aromatic N) is 4. The highest BCUT2D eigenvalue weighted by molar-refractivity contribution is 7.26. The Morgan fingerprint density at radius 3 is 1.95 bits per heavy atom. The summed E-state index contributed by atoms with van der Waals surface area (Å²) >= 11 is 2.60. The van der Waals surface area contributed by atoms with Crippen LogP contribution in [0.5, 0.6) is 0 Å². The molecule has 0 aliphatic rings. The van der Waals surface area contributed by atoms with Gasteiger partial charge in [-0.15, -0.1) is 22.7 Å². The van der Waals surface area contributed by atoms with Gasteiger partial charge in [0.2, 0.25) is 5.95 Å². The van der Waals surface area contributed by atoms with Crippen molar-refractivity contribution in [2.45, 2.75) is 0 Å². The minimum absolute atomic E-state index is 0.00196. The molecule has 4 heterocycles. The van der Waals surface area contributed by atoms with Gasteiger partial charge < -0.3 is 0 Å². The van der Waals surface area contributed by atoms with Crippen LogP contribution in [0.15, 0.2) is 182 Å². The average Bonchev–Trinajstić information content (AvgIpc) is 4.06. The predicted octanol–water partition coefficient (Wildman–Crippen LogP) is 14.4. The topological polar surface area (TPSA) is 43.6 Å². The molecule has 0 fully saturated rings. The number of thiophene rings is 2. The fourth-order valence-corrected chi connectivity index (χ4v) is 9.96. The van der Waals surface area contributed by atoms with Crippen molar-refractivity contribution in [2.75, 3.05) is 0 Å². The summed E-state index contributed by atoms with van der Waals surface area (Å²) in [5, 5.41) is 2.42. The summed E-state index contributed by atoms with van der Waals surface area (Å²) in [5.74, 6) is 0.435. The van der Waals surface area contributed by atoms with Crippen LogP contribution in [0.1, 0.15) is 13.7 Å². The van der Waals surface area contributed by atoms with Crippen LogP contribution in [0.3, 0.4) is 0 Å². The Balaban J connectivity index is 1.22. The van der Waals surface area contributed by atoms with E-state index in [2.05, 4.69) is 36.4 Å². The normalized spacial score (nSPS) is 14.3. The summed E-state index contributed by atoms with van der Waals surface area (Å²) < 4.78 is 94.2. The second kappa shape index (κ2) is 12.8. The van der Waals surface area contributed by atoms with Gasteiger partial charge in [0, 0.05) is 62.2 Å². The van der Waals surface area contributed by atoms with Crippen LogP contribution in [0, 0.1) is 0 Å². The van der Waals surface area contributed by atoms with E-state index >= 15 is 0 Å². The van der Waals surface area contributed by atoms with Gasteiger partial charge in [-0.25, -0.2) is 4.98 Å². The lowest BCUT2D eigenvalue weighted by Gasteiger charge is -2.12. The minimum atomic E-state index is -0.540. The third-order valence-electron chi connectivity index (χ3n) is 10.4. The smallest absolute Gasteiger partial charge is 0.238 e. The third-order valence-corrected chi connectivity index (χ3v) is 12.5. The summed E-state index contributed by atoms with van der Waals surface area (Å²) in [6.45, 7) is 0. The first-order valence-corrected chi connectivity index (χ1v) is 19.8. The number of rotatable bonds is 5. The highest BCUT2D eigenvalue weighted by Gasteiger charge is 2.22. The highest BCUT2D eigenvalue weighted by atomic mass is 32.1. The Morgan fingerprint density at radius 1 is 0.421 bits per heavy atom. The van der Waals surface area contributed by atoms with Gasteiger partial charge in [-0.05, 0) is 58.6 Å². The molecular weight excluding hydrogens is 733 g/mol. The molecular formula is C51H30N4S2. The molecule has 4 nitrogen and oxygen atoms in total. The molecule has 266 valence electrons. The first kappa shape index (κ1) is 23.8. The molecule has 57 heavy (non-hydrogen) atoms. The summed E-state index contributed by atoms with van der Waals surface area (Å²) in [6, 6.07) is 36.0. The molecule has 0 saturated carbocycles. The maximum atomic E-state index is 9.47. The Kier molecular flexibility index (Phi) is 5.34. The van der Waals surface area contributed by atoms with E-state index in [0.29, 0.717) is 11.1 Å². The van der Waals surface area contributed by atoms with Crippen LogP contribution < -0.4 is 0 Å². The second-order valence-corrected chi connectivity index (χ2v) is 15.7. The van der Waals surface area contributed by atoms with Crippen LogP contribution in [-0.4, -0.2) is 19.5 Å². The molecule has 0 amide bonds. The van der Waals surface area contributed by atoms with E-state index in [0.717, 1.165) is 53.8 Å². The summed E-state index contributed by atoms with van der Waals surface area (Å²) in [4.78, 5) is 15.3. The fourth-order valence-electron chi connectivity index (χ4n) is 7.82. The molecule has 6 heteroatoms. The average molecular weight is 773 g/mol. The quantitative estimate of drug-likeness (QED) is 0.175. The molecule has 0 unspecified atom stereocenters. The lowest BCUT2D eigenvalue weighted by molar-refractivity contribution is 0.955. The van der Waals surface area contributed by atoms with E-state index in [-0.39, 0.29) is 83.7 Å². The molecule has 0 radical (unpaired) electrons. The highest BCUT2D eigenvalue weighted by Crippen LogP contribution is 2.44. The van der Waals surface area contributed by atoms with Crippen molar-refractivity contribution in [3.63, 3.8) is 0 Å². The van der Waals surface area contributed by atoms with E-state index < -0.39 is 36.3 Å². The Labute approximate surface area is 349 Å². The van der Waals surface area contributed by atoms with Gasteiger partial charge in [0.05, 0.1) is 24.7 Å². The molecule has 12 rings (SSSR count). The van der Waals surface area contributed by atoms with Crippen molar-refractivity contribution < 1.29 is 13.7 Å². The van der Waals surface area contributed by atoms with Crippen LogP contribution in [0.25, 0.3) is 113 Å². The summed E-state index contributed by atoms with van der Waals surface area (Å²) in [6.07, 6.45) is 0. The molecule has 0 aliphatic carbocycles. The second-order valence-electron chi connectivity index (χ2n) is 13.6. The largest absolute Gasteiger partial charge is 0.277 e. The van der Waals surface area contributed by atoms with Crippen molar-refractivity contribution in [1.82, 2.24) is 19.5 Å². The lowest BCUT2D eigenvalue weighted by atomic mass is 9.99. The van der Waals surface area contributed by atoms with Gasteiger partial charge in [-0.3, -0.25) is 4.57 Å². The van der Waals surface area contributed by atoms with Crippen LogP contribution in [-0.2, 0) is 0 Å². The van der Waals surface area contributed by atoms with Crippen molar-refractivity contribution in [1.29, 1.82) is 0 Å². The molecule has 0 saturated heterocycles. The summed E-state index contributed by atoms with van der Waals surface area (Å²) in [7, 11) is 0. The molecule has 4 aromatic heterocycles. The van der Waals surface area contributed by atoms with Crippen molar-refractivity contribution in [3.05, 3.63) is 182 Å². The van der Waals surface area contributed by atoms with Gasteiger partial charge >= 0.3 is 0 Å². The lowest BCUT2D eigenvalue weighted by Crippen LogP contribution is -2.06. The first-order valence-electron chi connectivity index (χ1n) is 23.2. The summed E-state index contributed by atoms with van der Waals surface area (Å²) in [5.41, 5.74) is 5.39. The van der Waals surface area contributed by atoms with Gasteiger partial charge in [0.15, 0.2) is 11.6 Å². The monoisotopic (exact) mass is 772 g/mol. The maximum absolute atomic E-state index is 9.47. The van der Waals surface area contributed by atoms with Gasteiger partial charge in [-0.1, -0.05) is 145 Å². The number of aromatic nitrogens is 4. The van der Waals surface area contributed by atoms with Gasteiger partial charge in [0.1, 0.15) is 0 Å². The molecule has 12 aromatic rings. The van der Waals surface area contributed by atoms with Crippen molar-refractivity contribution >= 4 is 84.8 Å². The van der Waals surface area contributed by atoms with E-state index in [1.54, 1.807) is 11.3 Å². The van der Waals surface area contributed by atoms with E-state index in [4.69, 9.17) is 23.2 Å². The maximum Gasteiger partial charge on any atom is 0.238 e. The Hall–Kier alpha value is -6.99. The molecule has 8 aromatic carbocycles. The SMILES string of the molecule is [2H]c1c([2H])c([2H])c2c(sc3c([2H])c([2H])c4c5c([2H])c([2H])c([2H])c([2H])c5n(-c5nc(-c6cccc(-c7ccccc7)c6)nc(-c6ccc7c(c6)sc6cccc(-c8ccccc8)c67)n5)c4c32)c1[2H]. The minimum Gasteiger partial charge on any atom is -0.277 e. The predicted molar refractivity (Wildman–Crippen MR) is 242 cm³/mol. The van der Waals surface area contributed by atoms with Crippen LogP contribution >= 0.6 is 22.7 Å². The fraction of sp³-hybridized carbons (Fsp3) is 0. The zero-order chi connectivity index (χ0) is 46.2. The number of benzene rings is 8. The molecule has 0 N–H and O–H groups in total. The zero-order valence-electron chi connectivity index (χ0n) is 39.7. The molecule has 0 bridgehead atoms. The number of fused-ring (bicyclic) bond motifs is 10. The van der Waals surface area contributed by atoms with Gasteiger partial charge in [-0.2, -0.15) is 9.97 Å². The van der Waals surface area contributed by atoms with E-state index in [9.17, 15) is 5.48 Å². The Morgan fingerprint density at radius 2 is 1.11 bits per heavy atom. The van der Waals surface area contributed by atoms with Crippen molar-refractivity contribution in [2.24, 2.45) is 0 Å².